The lowest BCUT2D eigenvalue weighted by Crippen LogP contribution is -2.37. The number of aryl methyl sites for hydroxylation is 1. The number of hydrogen-bond acceptors (Lipinski definition) is 5. The number of hydrogen-bond donors (Lipinski definition) is 1. The highest BCUT2D eigenvalue weighted by atomic mass is 16.5. The van der Waals surface area contributed by atoms with E-state index < -0.39 is 0 Å². The fourth-order valence-corrected chi connectivity index (χ4v) is 2.64. The number of fused-ring (bicyclic) bond motifs is 1. The molecule has 0 atom stereocenters. The summed E-state index contributed by atoms with van der Waals surface area (Å²) in [4.78, 5) is 11.7. The van der Waals surface area contributed by atoms with Crippen molar-refractivity contribution in [2.45, 2.75) is 26.2 Å². The molecule has 1 aromatic rings. The fraction of sp³-hybridized carbons (Fsp3) is 0.692. The van der Waals surface area contributed by atoms with Gasteiger partial charge in [-0.2, -0.15) is 4.98 Å². The lowest BCUT2D eigenvalue weighted by atomic mass is 10.2. The van der Waals surface area contributed by atoms with Crippen molar-refractivity contribution in [1.82, 2.24) is 9.97 Å². The van der Waals surface area contributed by atoms with E-state index in [2.05, 4.69) is 17.1 Å². The summed E-state index contributed by atoms with van der Waals surface area (Å²) in [7, 11) is 0. The standard InChI is InChI=1S/C13H20N4O/c1-2-14-12-10-4-3-5-11(10)15-13(16-12)17-6-8-18-9-7-17/h2-9H2,1H3,(H,14,15,16). The maximum atomic E-state index is 5.38. The molecule has 5 heteroatoms. The summed E-state index contributed by atoms with van der Waals surface area (Å²) in [6.45, 7) is 6.35. The van der Waals surface area contributed by atoms with E-state index in [9.17, 15) is 0 Å². The van der Waals surface area contributed by atoms with E-state index in [1.807, 2.05) is 0 Å². The molecular weight excluding hydrogens is 228 g/mol. The minimum absolute atomic E-state index is 0.775. The van der Waals surface area contributed by atoms with Gasteiger partial charge in [0.25, 0.3) is 0 Å². The quantitative estimate of drug-likeness (QED) is 0.872. The van der Waals surface area contributed by atoms with Crippen LogP contribution >= 0.6 is 0 Å². The van der Waals surface area contributed by atoms with Crippen LogP contribution in [0.5, 0.6) is 0 Å². The largest absolute Gasteiger partial charge is 0.378 e. The van der Waals surface area contributed by atoms with Gasteiger partial charge in [0, 0.05) is 25.2 Å². The van der Waals surface area contributed by atoms with Gasteiger partial charge >= 0.3 is 0 Å². The molecule has 1 N–H and O–H groups in total. The molecule has 0 unspecified atom stereocenters. The van der Waals surface area contributed by atoms with Crippen LogP contribution in [0, 0.1) is 0 Å². The van der Waals surface area contributed by atoms with Crippen LogP contribution in [0.1, 0.15) is 24.6 Å². The van der Waals surface area contributed by atoms with E-state index >= 15 is 0 Å². The number of nitrogens with one attached hydrogen (secondary N) is 1. The normalized spacial score (nSPS) is 18.8. The molecule has 18 heavy (non-hydrogen) atoms. The molecule has 0 aromatic carbocycles. The van der Waals surface area contributed by atoms with Gasteiger partial charge in [0.2, 0.25) is 5.95 Å². The highest BCUT2D eigenvalue weighted by Crippen LogP contribution is 2.28. The van der Waals surface area contributed by atoms with Crippen molar-refractivity contribution in [2.24, 2.45) is 0 Å². The summed E-state index contributed by atoms with van der Waals surface area (Å²) < 4.78 is 5.38. The molecule has 2 aliphatic rings. The van der Waals surface area contributed by atoms with Gasteiger partial charge in [-0.05, 0) is 26.2 Å². The predicted molar refractivity (Wildman–Crippen MR) is 71.3 cm³/mol. The molecule has 0 amide bonds. The SMILES string of the molecule is CCNc1nc(N2CCOCC2)nc2c1CCC2. The Morgan fingerprint density at radius 3 is 2.83 bits per heavy atom. The summed E-state index contributed by atoms with van der Waals surface area (Å²) in [5, 5.41) is 3.38. The number of aromatic nitrogens is 2. The number of ether oxygens (including phenoxy) is 1. The van der Waals surface area contributed by atoms with Gasteiger partial charge in [-0.3, -0.25) is 0 Å². The molecule has 1 fully saturated rings. The van der Waals surface area contributed by atoms with Crippen LogP contribution < -0.4 is 10.2 Å². The van der Waals surface area contributed by atoms with Crippen LogP contribution in [-0.2, 0) is 17.6 Å². The zero-order chi connectivity index (χ0) is 12.4. The second-order valence-corrected chi connectivity index (χ2v) is 4.78. The highest BCUT2D eigenvalue weighted by molar-refractivity contribution is 5.53. The van der Waals surface area contributed by atoms with E-state index in [-0.39, 0.29) is 0 Å². The average molecular weight is 248 g/mol. The van der Waals surface area contributed by atoms with Crippen molar-refractivity contribution in [3.8, 4) is 0 Å². The predicted octanol–water partition coefficient (Wildman–Crippen LogP) is 1.23. The van der Waals surface area contributed by atoms with Gasteiger partial charge in [-0.1, -0.05) is 0 Å². The van der Waals surface area contributed by atoms with Crippen molar-refractivity contribution in [1.29, 1.82) is 0 Å². The van der Waals surface area contributed by atoms with Crippen LogP contribution in [0.15, 0.2) is 0 Å². The summed E-state index contributed by atoms with van der Waals surface area (Å²) in [5.41, 5.74) is 2.57. The Kier molecular flexibility index (Phi) is 3.32. The molecule has 0 radical (unpaired) electrons. The molecule has 0 spiro atoms. The van der Waals surface area contributed by atoms with E-state index in [4.69, 9.17) is 14.7 Å². The first-order valence-electron chi connectivity index (χ1n) is 6.85. The maximum Gasteiger partial charge on any atom is 0.227 e. The van der Waals surface area contributed by atoms with Crippen LogP contribution in [0.25, 0.3) is 0 Å². The van der Waals surface area contributed by atoms with Gasteiger partial charge in [0.1, 0.15) is 5.82 Å². The first-order valence-corrected chi connectivity index (χ1v) is 6.85. The smallest absolute Gasteiger partial charge is 0.227 e. The van der Waals surface area contributed by atoms with Crippen molar-refractivity contribution in [3.63, 3.8) is 0 Å². The zero-order valence-electron chi connectivity index (χ0n) is 10.9. The van der Waals surface area contributed by atoms with E-state index in [1.54, 1.807) is 0 Å². The van der Waals surface area contributed by atoms with E-state index in [0.29, 0.717) is 0 Å². The first-order chi connectivity index (χ1) is 8.88. The summed E-state index contributed by atoms with van der Waals surface area (Å²) in [5.74, 6) is 1.91. The Bertz CT molecular complexity index is 429. The Labute approximate surface area is 108 Å². The topological polar surface area (TPSA) is 50.3 Å². The van der Waals surface area contributed by atoms with Crippen LogP contribution in [0.4, 0.5) is 11.8 Å². The minimum Gasteiger partial charge on any atom is -0.378 e. The van der Waals surface area contributed by atoms with Crippen molar-refractivity contribution in [2.75, 3.05) is 43.1 Å². The Morgan fingerprint density at radius 2 is 2.06 bits per heavy atom. The van der Waals surface area contributed by atoms with E-state index in [1.165, 1.54) is 17.7 Å². The second kappa shape index (κ2) is 5.10. The average Bonchev–Trinajstić information content (AvgIpc) is 2.88. The Hall–Kier alpha value is -1.36. The number of anilines is 2. The molecule has 1 aliphatic heterocycles. The fourth-order valence-electron chi connectivity index (χ4n) is 2.64. The third-order valence-electron chi connectivity index (χ3n) is 3.56. The number of morpholine rings is 1. The Balaban J connectivity index is 1.92. The van der Waals surface area contributed by atoms with Crippen molar-refractivity contribution in [3.05, 3.63) is 11.3 Å². The van der Waals surface area contributed by atoms with E-state index in [0.717, 1.165) is 57.5 Å². The van der Waals surface area contributed by atoms with Crippen molar-refractivity contribution >= 4 is 11.8 Å². The molecule has 2 heterocycles. The first kappa shape index (κ1) is 11.7. The lowest BCUT2D eigenvalue weighted by molar-refractivity contribution is 0.122. The van der Waals surface area contributed by atoms with Crippen LogP contribution in [-0.4, -0.2) is 42.8 Å². The van der Waals surface area contributed by atoms with Crippen LogP contribution in [0.3, 0.4) is 0 Å². The molecular formula is C13H20N4O. The molecule has 1 saturated heterocycles. The monoisotopic (exact) mass is 248 g/mol. The number of nitrogens with zero attached hydrogens (tertiary/aromatic N) is 3. The second-order valence-electron chi connectivity index (χ2n) is 4.78. The molecule has 1 aromatic heterocycles. The third-order valence-corrected chi connectivity index (χ3v) is 3.56. The summed E-state index contributed by atoms with van der Waals surface area (Å²) in [6, 6.07) is 0. The van der Waals surface area contributed by atoms with Gasteiger partial charge in [0.05, 0.1) is 18.9 Å². The molecule has 3 rings (SSSR count). The molecule has 5 nitrogen and oxygen atoms in total. The van der Waals surface area contributed by atoms with Crippen LogP contribution in [0.2, 0.25) is 0 Å². The highest BCUT2D eigenvalue weighted by Gasteiger charge is 2.22. The Morgan fingerprint density at radius 1 is 1.22 bits per heavy atom. The lowest BCUT2D eigenvalue weighted by Gasteiger charge is -2.27. The van der Waals surface area contributed by atoms with Crippen molar-refractivity contribution < 1.29 is 4.74 Å². The summed E-state index contributed by atoms with van der Waals surface area (Å²) in [6.07, 6.45) is 3.41. The van der Waals surface area contributed by atoms with Gasteiger partial charge in [-0.25, -0.2) is 4.98 Å². The molecule has 1 aliphatic carbocycles. The molecule has 0 bridgehead atoms. The minimum atomic E-state index is 0.775. The molecule has 98 valence electrons. The third kappa shape index (κ3) is 2.14. The summed E-state index contributed by atoms with van der Waals surface area (Å²) >= 11 is 0. The van der Waals surface area contributed by atoms with Gasteiger partial charge in [0.15, 0.2) is 0 Å². The number of rotatable bonds is 3. The van der Waals surface area contributed by atoms with Gasteiger partial charge in [-0.15, -0.1) is 0 Å². The zero-order valence-corrected chi connectivity index (χ0v) is 10.9. The maximum absolute atomic E-state index is 5.38. The molecule has 0 saturated carbocycles. The van der Waals surface area contributed by atoms with Gasteiger partial charge < -0.3 is 15.0 Å².